The molecule has 3 rings (SSSR count). The second kappa shape index (κ2) is 9.56. The predicted octanol–water partition coefficient (Wildman–Crippen LogP) is 3.19. The van der Waals surface area contributed by atoms with E-state index in [9.17, 15) is 9.59 Å². The third-order valence-corrected chi connectivity index (χ3v) is 5.62. The molecule has 2 aromatic rings. The normalized spacial score (nSPS) is 15.5. The zero-order valence-electron chi connectivity index (χ0n) is 16.6. The second-order valence-corrected chi connectivity index (χ2v) is 7.40. The summed E-state index contributed by atoms with van der Waals surface area (Å²) in [5.74, 6) is -0.143. The van der Waals surface area contributed by atoms with Gasteiger partial charge in [-0.3, -0.25) is 4.79 Å². The number of ether oxygens (including phenoxy) is 2. The van der Waals surface area contributed by atoms with Gasteiger partial charge < -0.3 is 19.9 Å². The van der Waals surface area contributed by atoms with Crippen LogP contribution < -0.4 is 10.1 Å². The number of carboxylic acids is 1. The van der Waals surface area contributed by atoms with Gasteiger partial charge in [-0.15, -0.1) is 0 Å². The number of benzene rings is 2. The average molecular weight is 397 g/mol. The molecule has 0 saturated carbocycles. The van der Waals surface area contributed by atoms with Crippen molar-refractivity contribution in [3.63, 3.8) is 0 Å². The molecule has 6 nitrogen and oxygen atoms in total. The van der Waals surface area contributed by atoms with Crippen molar-refractivity contribution in [2.24, 2.45) is 0 Å². The van der Waals surface area contributed by atoms with Gasteiger partial charge in [-0.05, 0) is 54.7 Å². The molecule has 0 unspecified atom stereocenters. The maximum Gasteiger partial charge on any atom is 0.335 e. The molecule has 154 valence electrons. The Balaban J connectivity index is 1.58. The SMILES string of the molecule is COc1ccc(C2(CNC(=O)CCc3ccc(C(=O)O)cc3)CCOCC2)cc1. The van der Waals surface area contributed by atoms with Gasteiger partial charge in [-0.25, -0.2) is 4.79 Å². The minimum absolute atomic E-state index is 0.00769. The van der Waals surface area contributed by atoms with Crippen molar-refractivity contribution in [3.8, 4) is 5.75 Å². The lowest BCUT2D eigenvalue weighted by atomic mass is 9.74. The number of hydrogen-bond donors (Lipinski definition) is 2. The minimum atomic E-state index is -0.949. The van der Waals surface area contributed by atoms with Crippen LogP contribution in [0.5, 0.6) is 5.75 Å². The van der Waals surface area contributed by atoms with Gasteiger partial charge in [0.1, 0.15) is 5.75 Å². The highest BCUT2D eigenvalue weighted by Crippen LogP contribution is 2.35. The summed E-state index contributed by atoms with van der Waals surface area (Å²) in [6.07, 6.45) is 2.65. The molecule has 0 aromatic heterocycles. The Morgan fingerprint density at radius 2 is 1.72 bits per heavy atom. The fourth-order valence-electron chi connectivity index (χ4n) is 3.70. The molecule has 1 saturated heterocycles. The summed E-state index contributed by atoms with van der Waals surface area (Å²) in [6.45, 7) is 1.93. The maximum absolute atomic E-state index is 12.5. The summed E-state index contributed by atoms with van der Waals surface area (Å²) in [7, 11) is 1.65. The number of aromatic carboxylic acids is 1. The van der Waals surface area contributed by atoms with Crippen LogP contribution in [0.3, 0.4) is 0 Å². The van der Waals surface area contributed by atoms with Crippen LogP contribution in [0.4, 0.5) is 0 Å². The number of carboxylic acid groups (broad SMARTS) is 1. The van der Waals surface area contributed by atoms with Crippen molar-refractivity contribution in [2.45, 2.75) is 31.1 Å². The zero-order valence-corrected chi connectivity index (χ0v) is 16.6. The first-order chi connectivity index (χ1) is 14.0. The predicted molar refractivity (Wildman–Crippen MR) is 109 cm³/mol. The van der Waals surface area contributed by atoms with E-state index in [4.69, 9.17) is 14.6 Å². The Labute approximate surface area is 170 Å². The molecule has 6 heteroatoms. The van der Waals surface area contributed by atoms with E-state index in [1.165, 1.54) is 5.56 Å². The van der Waals surface area contributed by atoms with Crippen LogP contribution in [0.1, 0.15) is 40.7 Å². The number of methoxy groups -OCH3 is 1. The van der Waals surface area contributed by atoms with Crippen LogP contribution in [0, 0.1) is 0 Å². The largest absolute Gasteiger partial charge is 0.497 e. The molecule has 2 aromatic carbocycles. The average Bonchev–Trinajstić information content (AvgIpc) is 2.77. The van der Waals surface area contributed by atoms with Gasteiger partial charge in [0, 0.05) is 31.6 Å². The molecule has 1 fully saturated rings. The Morgan fingerprint density at radius 3 is 2.31 bits per heavy atom. The van der Waals surface area contributed by atoms with Crippen molar-refractivity contribution < 1.29 is 24.2 Å². The van der Waals surface area contributed by atoms with Crippen LogP contribution in [-0.4, -0.2) is 43.9 Å². The van der Waals surface area contributed by atoms with Gasteiger partial charge >= 0.3 is 5.97 Å². The van der Waals surface area contributed by atoms with Crippen molar-refractivity contribution in [2.75, 3.05) is 26.9 Å². The van der Waals surface area contributed by atoms with Crippen LogP contribution in [-0.2, 0) is 21.4 Å². The molecule has 1 amide bonds. The summed E-state index contributed by atoms with van der Waals surface area (Å²) in [5, 5.41) is 12.1. The third-order valence-electron chi connectivity index (χ3n) is 5.62. The highest BCUT2D eigenvalue weighted by Gasteiger charge is 2.34. The quantitative estimate of drug-likeness (QED) is 0.715. The number of carbonyl (C=O) groups is 2. The topological polar surface area (TPSA) is 84.9 Å². The van der Waals surface area contributed by atoms with E-state index in [1.807, 2.05) is 12.1 Å². The molecule has 0 atom stereocenters. The molecule has 0 bridgehead atoms. The van der Waals surface area contributed by atoms with E-state index >= 15 is 0 Å². The van der Waals surface area contributed by atoms with E-state index in [2.05, 4.69) is 17.4 Å². The van der Waals surface area contributed by atoms with Gasteiger partial charge in [-0.2, -0.15) is 0 Å². The monoisotopic (exact) mass is 397 g/mol. The van der Waals surface area contributed by atoms with Crippen molar-refractivity contribution >= 4 is 11.9 Å². The first-order valence-electron chi connectivity index (χ1n) is 9.84. The third kappa shape index (κ3) is 5.35. The molecular weight excluding hydrogens is 370 g/mol. The minimum Gasteiger partial charge on any atom is -0.497 e. The lowest BCUT2D eigenvalue weighted by Gasteiger charge is -2.38. The molecule has 1 aliphatic heterocycles. The molecule has 1 heterocycles. The van der Waals surface area contributed by atoms with E-state index in [-0.39, 0.29) is 16.9 Å². The first kappa shape index (κ1) is 20.9. The van der Waals surface area contributed by atoms with Crippen molar-refractivity contribution in [1.29, 1.82) is 0 Å². The molecule has 0 radical (unpaired) electrons. The molecule has 29 heavy (non-hydrogen) atoms. The summed E-state index contributed by atoms with van der Waals surface area (Å²) >= 11 is 0. The van der Waals surface area contributed by atoms with Gasteiger partial charge in [0.15, 0.2) is 0 Å². The summed E-state index contributed by atoms with van der Waals surface area (Å²) in [4.78, 5) is 23.4. The number of aryl methyl sites for hydroxylation is 1. The highest BCUT2D eigenvalue weighted by atomic mass is 16.5. The lowest BCUT2D eigenvalue weighted by Crippen LogP contribution is -2.44. The highest BCUT2D eigenvalue weighted by molar-refractivity contribution is 5.87. The second-order valence-electron chi connectivity index (χ2n) is 7.40. The standard InChI is InChI=1S/C23H27NO5/c1-28-20-9-7-19(8-10-20)23(12-14-29-15-13-23)16-24-21(25)11-4-17-2-5-18(6-3-17)22(26)27/h2-3,5-10H,4,11-16H2,1H3,(H,24,25)(H,26,27). The number of carbonyl (C=O) groups excluding carboxylic acids is 1. The summed E-state index contributed by atoms with van der Waals surface area (Å²) in [6, 6.07) is 14.7. The number of rotatable bonds is 8. The van der Waals surface area contributed by atoms with Crippen LogP contribution in [0.15, 0.2) is 48.5 Å². The first-order valence-corrected chi connectivity index (χ1v) is 9.84. The van der Waals surface area contributed by atoms with Crippen LogP contribution in [0.25, 0.3) is 0 Å². The van der Waals surface area contributed by atoms with Gasteiger partial charge in [0.05, 0.1) is 12.7 Å². The maximum atomic E-state index is 12.5. The fraction of sp³-hybridized carbons (Fsp3) is 0.391. The molecule has 0 aliphatic carbocycles. The molecule has 2 N–H and O–H groups in total. The van der Waals surface area contributed by atoms with E-state index in [0.29, 0.717) is 32.6 Å². The van der Waals surface area contributed by atoms with Crippen molar-refractivity contribution in [3.05, 3.63) is 65.2 Å². The van der Waals surface area contributed by atoms with Crippen LogP contribution >= 0.6 is 0 Å². The van der Waals surface area contributed by atoms with Crippen LogP contribution in [0.2, 0.25) is 0 Å². The molecule has 1 aliphatic rings. The van der Waals surface area contributed by atoms with E-state index in [0.717, 1.165) is 24.2 Å². The number of amides is 1. The lowest BCUT2D eigenvalue weighted by molar-refractivity contribution is -0.121. The van der Waals surface area contributed by atoms with E-state index in [1.54, 1.807) is 31.4 Å². The molecular formula is C23H27NO5. The Morgan fingerprint density at radius 1 is 1.07 bits per heavy atom. The summed E-state index contributed by atoms with van der Waals surface area (Å²) < 4.78 is 10.8. The van der Waals surface area contributed by atoms with Gasteiger partial charge in [-0.1, -0.05) is 24.3 Å². The Hall–Kier alpha value is -2.86. The number of nitrogens with one attached hydrogen (secondary N) is 1. The smallest absolute Gasteiger partial charge is 0.335 e. The zero-order chi connectivity index (χ0) is 20.7. The van der Waals surface area contributed by atoms with E-state index < -0.39 is 5.97 Å². The Bertz CT molecular complexity index is 823. The number of hydrogen-bond acceptors (Lipinski definition) is 4. The summed E-state index contributed by atoms with van der Waals surface area (Å²) in [5.41, 5.74) is 2.25. The molecule has 0 spiro atoms. The van der Waals surface area contributed by atoms with Gasteiger partial charge in [0.25, 0.3) is 0 Å². The van der Waals surface area contributed by atoms with Gasteiger partial charge in [0.2, 0.25) is 5.91 Å². The van der Waals surface area contributed by atoms with Crippen molar-refractivity contribution in [1.82, 2.24) is 5.32 Å². The Kier molecular flexibility index (Phi) is 6.88. The fourth-order valence-corrected chi connectivity index (χ4v) is 3.70.